The lowest BCUT2D eigenvalue weighted by Crippen LogP contribution is -2.48. The van der Waals surface area contributed by atoms with Gasteiger partial charge in [0.2, 0.25) is 11.8 Å². The standard InChI is InChI=1S/C19H29N3O2S/c1-4-18(2,3)20-15(23)11-25-17-22-21-16(24-17)19-8-12-5-13(9-19)7-14(6-12)10-19/h12-14H,4-11H2,1-3H3,(H,20,23). The van der Waals surface area contributed by atoms with Crippen LogP contribution in [0.25, 0.3) is 0 Å². The van der Waals surface area contributed by atoms with Crippen molar-refractivity contribution in [2.24, 2.45) is 17.8 Å². The van der Waals surface area contributed by atoms with E-state index in [1.807, 2.05) is 13.8 Å². The number of carbonyl (C=O) groups is 1. The zero-order valence-corrected chi connectivity index (χ0v) is 16.3. The second kappa shape index (κ2) is 6.29. The van der Waals surface area contributed by atoms with Gasteiger partial charge >= 0.3 is 0 Å². The number of hydrogen-bond acceptors (Lipinski definition) is 5. The summed E-state index contributed by atoms with van der Waals surface area (Å²) in [6, 6.07) is 0. The maximum Gasteiger partial charge on any atom is 0.277 e. The van der Waals surface area contributed by atoms with Gasteiger partial charge in [-0.2, -0.15) is 0 Å². The molecule has 1 aromatic rings. The molecule has 1 aromatic heterocycles. The van der Waals surface area contributed by atoms with Crippen LogP contribution < -0.4 is 5.32 Å². The Morgan fingerprint density at radius 1 is 1.20 bits per heavy atom. The number of thioether (sulfide) groups is 1. The normalized spacial score (nSPS) is 33.6. The van der Waals surface area contributed by atoms with Crippen molar-refractivity contribution >= 4 is 17.7 Å². The van der Waals surface area contributed by atoms with Crippen LogP contribution in [0.5, 0.6) is 0 Å². The molecule has 0 aliphatic heterocycles. The van der Waals surface area contributed by atoms with E-state index < -0.39 is 0 Å². The molecule has 6 heteroatoms. The zero-order chi connectivity index (χ0) is 17.7. The summed E-state index contributed by atoms with van der Waals surface area (Å²) >= 11 is 1.35. The van der Waals surface area contributed by atoms with Crippen molar-refractivity contribution in [1.82, 2.24) is 15.5 Å². The van der Waals surface area contributed by atoms with Gasteiger partial charge in [0.05, 0.1) is 5.75 Å². The number of carbonyl (C=O) groups excluding carboxylic acids is 1. The van der Waals surface area contributed by atoms with Crippen LogP contribution in [-0.4, -0.2) is 27.4 Å². The Hall–Kier alpha value is -1.04. The zero-order valence-electron chi connectivity index (χ0n) is 15.5. The third-order valence-corrected chi connectivity index (χ3v) is 7.41. The van der Waals surface area contributed by atoms with Gasteiger partial charge in [-0.3, -0.25) is 4.79 Å². The highest BCUT2D eigenvalue weighted by atomic mass is 32.2. The minimum Gasteiger partial charge on any atom is -0.415 e. The second-order valence-electron chi connectivity index (χ2n) is 9.15. The molecular weight excluding hydrogens is 334 g/mol. The van der Waals surface area contributed by atoms with E-state index in [4.69, 9.17) is 4.42 Å². The van der Waals surface area contributed by atoms with E-state index in [0.717, 1.165) is 30.1 Å². The van der Waals surface area contributed by atoms with Gasteiger partial charge in [0, 0.05) is 11.0 Å². The Morgan fingerprint density at radius 3 is 2.36 bits per heavy atom. The molecule has 5 nitrogen and oxygen atoms in total. The number of nitrogens with zero attached hydrogens (tertiary/aromatic N) is 2. The first-order valence-corrected chi connectivity index (χ1v) is 10.6. The summed E-state index contributed by atoms with van der Waals surface area (Å²) in [5, 5.41) is 12.2. The molecule has 4 saturated carbocycles. The molecule has 0 unspecified atom stereocenters. The number of rotatable bonds is 6. The lowest BCUT2D eigenvalue weighted by atomic mass is 9.49. The molecule has 4 fully saturated rings. The predicted octanol–water partition coefficient (Wildman–Crippen LogP) is 3.93. The topological polar surface area (TPSA) is 68.0 Å². The quantitative estimate of drug-likeness (QED) is 0.776. The number of nitrogens with one attached hydrogen (secondary N) is 1. The molecule has 4 aliphatic rings. The summed E-state index contributed by atoms with van der Waals surface area (Å²) in [6.45, 7) is 6.14. The van der Waals surface area contributed by atoms with Crippen LogP contribution in [0.15, 0.2) is 9.64 Å². The van der Waals surface area contributed by atoms with Gasteiger partial charge in [0.1, 0.15) is 0 Å². The molecule has 138 valence electrons. The molecule has 4 aliphatic carbocycles. The molecule has 1 amide bonds. The van der Waals surface area contributed by atoms with Crippen LogP contribution in [0.4, 0.5) is 0 Å². The molecule has 0 atom stereocenters. The van der Waals surface area contributed by atoms with Gasteiger partial charge in [-0.25, -0.2) is 0 Å². The SMILES string of the molecule is CCC(C)(C)NC(=O)CSc1nnc(C23CC4CC(CC(C4)C2)C3)o1. The van der Waals surface area contributed by atoms with Gasteiger partial charge in [0.25, 0.3) is 5.22 Å². The molecule has 1 heterocycles. The van der Waals surface area contributed by atoms with E-state index in [2.05, 4.69) is 22.4 Å². The number of hydrogen-bond donors (Lipinski definition) is 1. The fraction of sp³-hybridized carbons (Fsp3) is 0.842. The lowest BCUT2D eigenvalue weighted by Gasteiger charge is -2.55. The molecule has 4 bridgehead atoms. The third kappa shape index (κ3) is 3.46. The van der Waals surface area contributed by atoms with Gasteiger partial charge < -0.3 is 9.73 Å². The molecule has 0 radical (unpaired) electrons. The average Bonchev–Trinajstić information content (AvgIpc) is 3.01. The Balaban J connectivity index is 1.39. The van der Waals surface area contributed by atoms with Crippen molar-refractivity contribution in [3.8, 4) is 0 Å². The van der Waals surface area contributed by atoms with E-state index in [1.165, 1.54) is 50.3 Å². The molecule has 25 heavy (non-hydrogen) atoms. The van der Waals surface area contributed by atoms with Crippen molar-refractivity contribution < 1.29 is 9.21 Å². The van der Waals surface area contributed by atoms with Crippen molar-refractivity contribution in [3.05, 3.63) is 5.89 Å². The highest BCUT2D eigenvalue weighted by Gasteiger charge is 2.54. The molecule has 0 aromatic carbocycles. The Bertz CT molecular complexity index is 620. The van der Waals surface area contributed by atoms with Gasteiger partial charge in [0.15, 0.2) is 0 Å². The summed E-state index contributed by atoms with van der Waals surface area (Å²) in [4.78, 5) is 12.1. The Morgan fingerprint density at radius 2 is 1.80 bits per heavy atom. The molecule has 5 rings (SSSR count). The smallest absolute Gasteiger partial charge is 0.277 e. The fourth-order valence-corrected chi connectivity index (χ4v) is 6.05. The maximum atomic E-state index is 12.1. The molecule has 0 spiro atoms. The average molecular weight is 364 g/mol. The van der Waals surface area contributed by atoms with E-state index in [9.17, 15) is 4.79 Å². The second-order valence-corrected chi connectivity index (χ2v) is 10.1. The maximum absolute atomic E-state index is 12.1. The van der Waals surface area contributed by atoms with E-state index >= 15 is 0 Å². The van der Waals surface area contributed by atoms with Crippen LogP contribution in [-0.2, 0) is 10.2 Å². The summed E-state index contributed by atoms with van der Waals surface area (Å²) in [6.07, 6.45) is 8.77. The number of aromatic nitrogens is 2. The third-order valence-electron chi connectivity index (χ3n) is 6.59. The summed E-state index contributed by atoms with van der Waals surface area (Å²) in [7, 11) is 0. The summed E-state index contributed by atoms with van der Waals surface area (Å²) in [5.41, 5.74) is -0.0378. The molecular formula is C19H29N3O2S. The monoisotopic (exact) mass is 363 g/mol. The van der Waals surface area contributed by atoms with E-state index in [-0.39, 0.29) is 16.9 Å². The summed E-state index contributed by atoms with van der Waals surface area (Å²) < 4.78 is 6.04. The molecule has 0 saturated heterocycles. The molecule has 1 N–H and O–H groups in total. The van der Waals surface area contributed by atoms with Crippen molar-refractivity contribution in [2.45, 2.75) is 81.9 Å². The largest absolute Gasteiger partial charge is 0.415 e. The first kappa shape index (κ1) is 17.4. The van der Waals surface area contributed by atoms with Crippen LogP contribution in [0.1, 0.15) is 71.6 Å². The lowest BCUT2D eigenvalue weighted by molar-refractivity contribution is -0.120. The highest BCUT2D eigenvalue weighted by Crippen LogP contribution is 2.60. The van der Waals surface area contributed by atoms with Gasteiger partial charge in [-0.1, -0.05) is 18.7 Å². The van der Waals surface area contributed by atoms with Crippen molar-refractivity contribution in [2.75, 3.05) is 5.75 Å². The van der Waals surface area contributed by atoms with Crippen molar-refractivity contribution in [3.63, 3.8) is 0 Å². The van der Waals surface area contributed by atoms with Crippen LogP contribution in [0.3, 0.4) is 0 Å². The first-order valence-electron chi connectivity index (χ1n) is 9.65. The van der Waals surface area contributed by atoms with E-state index in [1.54, 1.807) is 0 Å². The van der Waals surface area contributed by atoms with Crippen LogP contribution >= 0.6 is 11.8 Å². The fourth-order valence-electron chi connectivity index (χ4n) is 5.48. The van der Waals surface area contributed by atoms with Crippen LogP contribution in [0, 0.1) is 17.8 Å². The number of amides is 1. The Kier molecular flexibility index (Phi) is 4.37. The predicted molar refractivity (Wildman–Crippen MR) is 97.4 cm³/mol. The minimum absolute atomic E-state index is 0.0198. The van der Waals surface area contributed by atoms with Gasteiger partial charge in [-0.15, -0.1) is 10.2 Å². The highest BCUT2D eigenvalue weighted by molar-refractivity contribution is 7.99. The summed E-state index contributed by atoms with van der Waals surface area (Å²) in [5.74, 6) is 3.75. The van der Waals surface area contributed by atoms with Gasteiger partial charge in [-0.05, 0) is 76.5 Å². The van der Waals surface area contributed by atoms with Crippen LogP contribution in [0.2, 0.25) is 0 Å². The first-order chi connectivity index (χ1) is 11.9. The van der Waals surface area contributed by atoms with E-state index in [0.29, 0.717) is 11.0 Å². The van der Waals surface area contributed by atoms with Crippen molar-refractivity contribution in [1.29, 1.82) is 0 Å². The Labute approximate surface area is 154 Å². The minimum atomic E-state index is -0.170.